The minimum absolute atomic E-state index is 0.446. The van der Waals surface area contributed by atoms with Crippen LogP contribution >= 0.6 is 0 Å². The van der Waals surface area contributed by atoms with Crippen LogP contribution in [0.5, 0.6) is 0 Å². The molecule has 0 amide bonds. The number of rotatable bonds is 5. The monoisotopic (exact) mass is 325 g/mol. The SMILES string of the molecule is CN(Cc1noc(C2CCC2)n1)c1nccc(-c2cnn(C)c2)n1. The van der Waals surface area contributed by atoms with Crippen molar-refractivity contribution in [1.29, 1.82) is 0 Å². The number of hydrogen-bond acceptors (Lipinski definition) is 7. The van der Waals surface area contributed by atoms with E-state index in [2.05, 4.69) is 25.2 Å². The summed E-state index contributed by atoms with van der Waals surface area (Å²) in [5, 5.41) is 8.25. The minimum atomic E-state index is 0.446. The van der Waals surface area contributed by atoms with Gasteiger partial charge in [-0.3, -0.25) is 4.68 Å². The molecule has 1 aliphatic carbocycles. The molecule has 3 aromatic rings. The lowest BCUT2D eigenvalue weighted by molar-refractivity contribution is 0.291. The van der Waals surface area contributed by atoms with Gasteiger partial charge in [0.05, 0.1) is 18.4 Å². The molecular formula is C16H19N7O. The van der Waals surface area contributed by atoms with Gasteiger partial charge in [0.1, 0.15) is 0 Å². The van der Waals surface area contributed by atoms with E-state index in [4.69, 9.17) is 4.52 Å². The number of nitrogens with zero attached hydrogens (tertiary/aromatic N) is 7. The second kappa shape index (κ2) is 6.03. The first-order chi connectivity index (χ1) is 11.7. The van der Waals surface area contributed by atoms with Crippen molar-refractivity contribution in [3.63, 3.8) is 0 Å². The van der Waals surface area contributed by atoms with Gasteiger partial charge < -0.3 is 9.42 Å². The summed E-state index contributed by atoms with van der Waals surface area (Å²) in [5.74, 6) is 2.48. The van der Waals surface area contributed by atoms with Gasteiger partial charge in [-0.05, 0) is 18.9 Å². The molecule has 8 nitrogen and oxygen atoms in total. The first-order valence-electron chi connectivity index (χ1n) is 8.05. The van der Waals surface area contributed by atoms with Gasteiger partial charge in [0, 0.05) is 38.0 Å². The van der Waals surface area contributed by atoms with E-state index in [1.807, 2.05) is 31.3 Å². The van der Waals surface area contributed by atoms with E-state index in [1.54, 1.807) is 17.1 Å². The topological polar surface area (TPSA) is 85.8 Å². The largest absolute Gasteiger partial charge is 0.339 e. The predicted molar refractivity (Wildman–Crippen MR) is 87.2 cm³/mol. The molecule has 0 spiro atoms. The summed E-state index contributed by atoms with van der Waals surface area (Å²) in [5.41, 5.74) is 1.80. The van der Waals surface area contributed by atoms with Crippen LogP contribution in [0.4, 0.5) is 5.95 Å². The van der Waals surface area contributed by atoms with E-state index in [-0.39, 0.29) is 0 Å². The zero-order valence-electron chi connectivity index (χ0n) is 13.8. The van der Waals surface area contributed by atoms with Crippen molar-refractivity contribution in [2.45, 2.75) is 31.7 Å². The maximum Gasteiger partial charge on any atom is 0.229 e. The summed E-state index contributed by atoms with van der Waals surface area (Å²) in [7, 11) is 3.80. The summed E-state index contributed by atoms with van der Waals surface area (Å²) in [6.07, 6.45) is 9.00. The molecule has 0 aromatic carbocycles. The number of hydrogen-bond donors (Lipinski definition) is 0. The highest BCUT2D eigenvalue weighted by Crippen LogP contribution is 2.35. The molecular weight excluding hydrogens is 306 g/mol. The highest BCUT2D eigenvalue weighted by molar-refractivity contribution is 5.58. The van der Waals surface area contributed by atoms with Gasteiger partial charge in [-0.2, -0.15) is 10.1 Å². The lowest BCUT2D eigenvalue weighted by atomic mass is 9.85. The second-order valence-electron chi connectivity index (χ2n) is 6.18. The first kappa shape index (κ1) is 14.8. The van der Waals surface area contributed by atoms with Crippen LogP contribution in [0.2, 0.25) is 0 Å². The van der Waals surface area contributed by atoms with Crippen LogP contribution in [0.1, 0.15) is 36.9 Å². The van der Waals surface area contributed by atoms with Crippen molar-refractivity contribution < 1.29 is 4.52 Å². The van der Waals surface area contributed by atoms with Crippen molar-refractivity contribution >= 4 is 5.95 Å². The molecule has 0 atom stereocenters. The fourth-order valence-corrected chi connectivity index (χ4v) is 2.68. The van der Waals surface area contributed by atoms with Crippen LogP contribution in [0, 0.1) is 0 Å². The summed E-state index contributed by atoms with van der Waals surface area (Å²) >= 11 is 0. The fourth-order valence-electron chi connectivity index (χ4n) is 2.68. The first-order valence-corrected chi connectivity index (χ1v) is 8.05. The molecule has 1 fully saturated rings. The number of anilines is 1. The molecule has 3 heterocycles. The molecule has 0 aliphatic heterocycles. The Labute approximate surface area is 139 Å². The van der Waals surface area contributed by atoms with E-state index in [1.165, 1.54) is 6.42 Å². The molecule has 0 radical (unpaired) electrons. The van der Waals surface area contributed by atoms with E-state index in [0.717, 1.165) is 30.0 Å². The molecule has 4 rings (SSSR count). The van der Waals surface area contributed by atoms with Crippen molar-refractivity contribution in [1.82, 2.24) is 29.9 Å². The van der Waals surface area contributed by atoms with Gasteiger partial charge >= 0.3 is 0 Å². The lowest BCUT2D eigenvalue weighted by Crippen LogP contribution is -2.20. The number of aryl methyl sites for hydroxylation is 1. The van der Waals surface area contributed by atoms with Gasteiger partial charge in [-0.1, -0.05) is 11.6 Å². The van der Waals surface area contributed by atoms with Crippen LogP contribution in [-0.4, -0.2) is 36.9 Å². The highest BCUT2D eigenvalue weighted by Gasteiger charge is 2.25. The molecule has 0 unspecified atom stereocenters. The average Bonchev–Trinajstić information content (AvgIpc) is 3.15. The summed E-state index contributed by atoms with van der Waals surface area (Å²) in [4.78, 5) is 15.3. The molecule has 1 saturated carbocycles. The molecule has 0 N–H and O–H groups in total. The Balaban J connectivity index is 1.49. The highest BCUT2D eigenvalue weighted by atomic mass is 16.5. The van der Waals surface area contributed by atoms with Gasteiger partial charge in [-0.15, -0.1) is 0 Å². The molecule has 0 saturated heterocycles. The minimum Gasteiger partial charge on any atom is -0.339 e. The predicted octanol–water partition coefficient (Wildman–Crippen LogP) is 2.16. The third kappa shape index (κ3) is 2.86. The standard InChI is InChI=1S/C16H19N7O/c1-22(10-14-20-15(24-21-14)11-4-3-5-11)16-17-7-6-13(19-16)12-8-18-23(2)9-12/h6-9,11H,3-5,10H2,1-2H3. The van der Waals surface area contributed by atoms with Crippen molar-refractivity contribution in [3.8, 4) is 11.3 Å². The normalized spacial score (nSPS) is 14.6. The molecule has 124 valence electrons. The Bertz CT molecular complexity index is 836. The molecule has 8 heteroatoms. The Kier molecular flexibility index (Phi) is 3.72. The zero-order valence-corrected chi connectivity index (χ0v) is 13.8. The van der Waals surface area contributed by atoms with E-state index in [0.29, 0.717) is 24.2 Å². The molecule has 24 heavy (non-hydrogen) atoms. The second-order valence-corrected chi connectivity index (χ2v) is 6.18. The third-order valence-corrected chi connectivity index (χ3v) is 4.30. The molecule has 0 bridgehead atoms. The van der Waals surface area contributed by atoms with Crippen molar-refractivity contribution in [3.05, 3.63) is 36.4 Å². The molecule has 1 aliphatic rings. The third-order valence-electron chi connectivity index (χ3n) is 4.30. The van der Waals surface area contributed by atoms with Crippen LogP contribution in [-0.2, 0) is 13.6 Å². The van der Waals surface area contributed by atoms with Crippen molar-refractivity contribution in [2.24, 2.45) is 7.05 Å². The smallest absolute Gasteiger partial charge is 0.229 e. The zero-order chi connectivity index (χ0) is 16.5. The maximum atomic E-state index is 5.36. The Morgan fingerprint density at radius 3 is 2.92 bits per heavy atom. The van der Waals surface area contributed by atoms with Crippen molar-refractivity contribution in [2.75, 3.05) is 11.9 Å². The summed E-state index contributed by atoms with van der Waals surface area (Å²) < 4.78 is 7.11. The van der Waals surface area contributed by atoms with E-state index >= 15 is 0 Å². The van der Waals surface area contributed by atoms with Crippen LogP contribution < -0.4 is 4.90 Å². The van der Waals surface area contributed by atoms with Gasteiger partial charge in [-0.25, -0.2) is 9.97 Å². The lowest BCUT2D eigenvalue weighted by Gasteiger charge is -2.20. The Morgan fingerprint density at radius 1 is 1.33 bits per heavy atom. The van der Waals surface area contributed by atoms with Crippen LogP contribution in [0.15, 0.2) is 29.2 Å². The quantitative estimate of drug-likeness (QED) is 0.710. The number of aromatic nitrogens is 6. The van der Waals surface area contributed by atoms with Gasteiger partial charge in [0.25, 0.3) is 0 Å². The summed E-state index contributed by atoms with van der Waals surface area (Å²) in [6.45, 7) is 0.507. The summed E-state index contributed by atoms with van der Waals surface area (Å²) in [6, 6.07) is 1.87. The van der Waals surface area contributed by atoms with Crippen LogP contribution in [0.3, 0.4) is 0 Å². The van der Waals surface area contributed by atoms with Gasteiger partial charge in [0.2, 0.25) is 11.8 Å². The van der Waals surface area contributed by atoms with Gasteiger partial charge in [0.15, 0.2) is 5.82 Å². The Hall–Kier alpha value is -2.77. The molecule has 3 aromatic heterocycles. The van der Waals surface area contributed by atoms with E-state index < -0.39 is 0 Å². The fraction of sp³-hybridized carbons (Fsp3) is 0.438. The van der Waals surface area contributed by atoms with E-state index in [9.17, 15) is 0 Å². The maximum absolute atomic E-state index is 5.36. The average molecular weight is 325 g/mol. The Morgan fingerprint density at radius 2 is 2.21 bits per heavy atom. The van der Waals surface area contributed by atoms with Crippen LogP contribution in [0.25, 0.3) is 11.3 Å².